The third kappa shape index (κ3) is 1.80. The maximum Gasteiger partial charge on any atom is 0.244 e. The summed E-state index contributed by atoms with van der Waals surface area (Å²) in [5, 5.41) is 9.64. The maximum atomic E-state index is 9.65. The Hall–Kier alpha value is -1.44. The summed E-state index contributed by atoms with van der Waals surface area (Å²) in [7, 11) is 0. The fourth-order valence-corrected chi connectivity index (χ4v) is 1.47. The van der Waals surface area contributed by atoms with Crippen molar-refractivity contribution in [3.8, 4) is 0 Å². The molecule has 0 fully saturated rings. The predicted molar refractivity (Wildman–Crippen MR) is 57.6 cm³/mol. The van der Waals surface area contributed by atoms with Crippen LogP contribution in [0.15, 0.2) is 6.33 Å². The molecule has 7 nitrogen and oxygen atoms in total. The number of rotatable bonds is 3. The first-order valence-electron chi connectivity index (χ1n) is 4.58. The highest BCUT2D eigenvalue weighted by Crippen LogP contribution is 2.20. The third-order valence-corrected chi connectivity index (χ3v) is 2.14. The van der Waals surface area contributed by atoms with Gasteiger partial charge in [-0.15, -0.1) is 0 Å². The number of ether oxygens (including phenoxy) is 1. The summed E-state index contributed by atoms with van der Waals surface area (Å²) in [6.45, 7) is 2.12. The molecule has 2 aromatic heterocycles. The lowest BCUT2D eigenvalue weighted by molar-refractivity contribution is -0.147. The second kappa shape index (κ2) is 4.20. The minimum absolute atomic E-state index is 0.00421. The van der Waals surface area contributed by atoms with E-state index in [1.165, 1.54) is 10.9 Å². The summed E-state index contributed by atoms with van der Waals surface area (Å²) in [6, 6.07) is 0. The molecule has 0 bridgehead atoms. The van der Waals surface area contributed by atoms with Gasteiger partial charge in [-0.3, -0.25) is 4.57 Å². The zero-order chi connectivity index (χ0) is 11.7. The van der Waals surface area contributed by atoms with Gasteiger partial charge in [-0.1, -0.05) is 0 Å². The molecular weight excluding hydrogens is 234 g/mol. The van der Waals surface area contributed by atoms with Crippen LogP contribution in [0.4, 0.5) is 5.82 Å². The van der Waals surface area contributed by atoms with Gasteiger partial charge < -0.3 is 15.6 Å². The SMILES string of the molecule is CCOC(O)n1cnc2c(N)nc(Cl)nc21. The molecule has 0 radical (unpaired) electrons. The first kappa shape index (κ1) is 11.1. The highest BCUT2D eigenvalue weighted by atomic mass is 35.5. The van der Waals surface area contributed by atoms with Gasteiger partial charge in [0.05, 0.1) is 0 Å². The zero-order valence-electron chi connectivity index (χ0n) is 8.46. The van der Waals surface area contributed by atoms with Gasteiger partial charge in [-0.25, -0.2) is 4.98 Å². The fraction of sp³-hybridized carbons (Fsp3) is 0.375. The van der Waals surface area contributed by atoms with E-state index in [4.69, 9.17) is 22.1 Å². The Bertz CT molecular complexity index is 514. The Balaban J connectivity index is 2.55. The number of aliphatic hydroxyl groups excluding tert-OH is 1. The highest BCUT2D eigenvalue weighted by molar-refractivity contribution is 6.28. The lowest BCUT2D eigenvalue weighted by Gasteiger charge is -2.11. The Morgan fingerprint density at radius 3 is 3.06 bits per heavy atom. The molecule has 2 rings (SSSR count). The molecule has 86 valence electrons. The molecule has 0 saturated carbocycles. The van der Waals surface area contributed by atoms with Gasteiger partial charge in [0.2, 0.25) is 11.7 Å². The minimum atomic E-state index is -1.17. The number of nitrogens with two attached hydrogens (primary N) is 1. The van der Waals surface area contributed by atoms with Crippen molar-refractivity contribution in [1.29, 1.82) is 0 Å². The van der Waals surface area contributed by atoms with Crippen LogP contribution in [0.25, 0.3) is 11.2 Å². The third-order valence-electron chi connectivity index (χ3n) is 1.97. The topological polar surface area (TPSA) is 99.1 Å². The van der Waals surface area contributed by atoms with Crippen LogP contribution in [0.2, 0.25) is 5.28 Å². The molecule has 1 atom stereocenters. The summed E-state index contributed by atoms with van der Waals surface area (Å²) < 4.78 is 6.33. The van der Waals surface area contributed by atoms with Crippen molar-refractivity contribution < 1.29 is 9.84 Å². The summed E-state index contributed by atoms with van der Waals surface area (Å²) in [4.78, 5) is 11.7. The molecule has 0 spiro atoms. The molecule has 1 unspecified atom stereocenters. The van der Waals surface area contributed by atoms with Crippen molar-refractivity contribution in [2.45, 2.75) is 13.3 Å². The van der Waals surface area contributed by atoms with Crippen molar-refractivity contribution >= 4 is 28.6 Å². The van der Waals surface area contributed by atoms with Crippen molar-refractivity contribution in [3.63, 3.8) is 0 Å². The molecule has 0 amide bonds. The molecule has 0 aromatic carbocycles. The van der Waals surface area contributed by atoms with Gasteiger partial charge in [0.25, 0.3) is 0 Å². The van der Waals surface area contributed by atoms with E-state index in [1.54, 1.807) is 6.92 Å². The van der Waals surface area contributed by atoms with Crippen LogP contribution in [-0.4, -0.2) is 31.2 Å². The second-order valence-corrected chi connectivity index (χ2v) is 3.32. The number of halogens is 1. The molecule has 3 N–H and O–H groups in total. The predicted octanol–water partition coefficient (Wildman–Crippen LogP) is 0.547. The fourth-order valence-electron chi connectivity index (χ4n) is 1.30. The van der Waals surface area contributed by atoms with Gasteiger partial charge in [0, 0.05) is 6.61 Å². The molecule has 0 aliphatic carbocycles. The van der Waals surface area contributed by atoms with Gasteiger partial charge in [0.1, 0.15) is 11.8 Å². The molecule has 2 heterocycles. The van der Waals surface area contributed by atoms with Crippen molar-refractivity contribution in [1.82, 2.24) is 19.5 Å². The van der Waals surface area contributed by atoms with Crippen molar-refractivity contribution in [2.75, 3.05) is 12.3 Å². The Labute approximate surface area is 95.8 Å². The van der Waals surface area contributed by atoms with Crippen LogP contribution in [0.3, 0.4) is 0 Å². The average Bonchev–Trinajstić information content (AvgIpc) is 2.61. The van der Waals surface area contributed by atoms with E-state index >= 15 is 0 Å². The van der Waals surface area contributed by atoms with Crippen LogP contribution in [-0.2, 0) is 4.74 Å². The van der Waals surface area contributed by atoms with Crippen LogP contribution in [0.5, 0.6) is 0 Å². The van der Waals surface area contributed by atoms with Crippen LogP contribution in [0, 0.1) is 0 Å². The Morgan fingerprint density at radius 2 is 2.38 bits per heavy atom. The van der Waals surface area contributed by atoms with Crippen LogP contribution >= 0.6 is 11.6 Å². The lowest BCUT2D eigenvalue weighted by Crippen LogP contribution is -2.11. The number of aliphatic hydroxyl groups is 1. The number of hydrogen-bond donors (Lipinski definition) is 2. The number of nitrogens with zero attached hydrogens (tertiary/aromatic N) is 4. The molecule has 8 heteroatoms. The maximum absolute atomic E-state index is 9.65. The monoisotopic (exact) mass is 243 g/mol. The van der Waals surface area contributed by atoms with Crippen molar-refractivity contribution in [2.24, 2.45) is 0 Å². The van der Waals surface area contributed by atoms with Gasteiger partial charge in [-0.2, -0.15) is 9.97 Å². The normalized spacial score (nSPS) is 13.2. The van der Waals surface area contributed by atoms with E-state index in [2.05, 4.69) is 15.0 Å². The van der Waals surface area contributed by atoms with Gasteiger partial charge in [0.15, 0.2) is 11.5 Å². The standard InChI is InChI=1S/C8H10ClN5O2/c1-2-16-8(15)14-3-11-4-5(10)12-7(9)13-6(4)14/h3,8,15H,2H2,1H3,(H2,10,12,13). The van der Waals surface area contributed by atoms with E-state index in [0.29, 0.717) is 17.8 Å². The Morgan fingerprint density at radius 1 is 1.62 bits per heavy atom. The Kier molecular flexibility index (Phi) is 2.90. The number of fused-ring (bicyclic) bond motifs is 1. The zero-order valence-corrected chi connectivity index (χ0v) is 9.22. The highest BCUT2D eigenvalue weighted by Gasteiger charge is 2.15. The second-order valence-electron chi connectivity index (χ2n) is 2.98. The lowest BCUT2D eigenvalue weighted by atomic mass is 10.5. The molecule has 2 aromatic rings. The smallest absolute Gasteiger partial charge is 0.244 e. The summed E-state index contributed by atoms with van der Waals surface area (Å²) >= 11 is 5.67. The number of nitrogen functional groups attached to an aromatic ring is 1. The first-order chi connectivity index (χ1) is 7.63. The summed E-state index contributed by atoms with van der Waals surface area (Å²) in [6.07, 6.45) is 0.201. The molecule has 16 heavy (non-hydrogen) atoms. The quantitative estimate of drug-likeness (QED) is 0.603. The van der Waals surface area contributed by atoms with Gasteiger partial charge >= 0.3 is 0 Å². The summed E-state index contributed by atoms with van der Waals surface area (Å²) in [5.74, 6) is 0.164. The summed E-state index contributed by atoms with van der Waals surface area (Å²) in [5.41, 5.74) is 6.32. The average molecular weight is 244 g/mol. The van der Waals surface area contributed by atoms with Crippen LogP contribution < -0.4 is 5.73 Å². The largest absolute Gasteiger partial charge is 0.382 e. The minimum Gasteiger partial charge on any atom is -0.382 e. The van der Waals surface area contributed by atoms with E-state index in [0.717, 1.165) is 0 Å². The van der Waals surface area contributed by atoms with Gasteiger partial charge in [-0.05, 0) is 18.5 Å². The van der Waals surface area contributed by atoms with E-state index < -0.39 is 6.41 Å². The number of anilines is 1. The molecular formula is C8H10ClN5O2. The number of hydrogen-bond acceptors (Lipinski definition) is 6. The number of aromatic nitrogens is 4. The number of imidazole rings is 1. The first-order valence-corrected chi connectivity index (χ1v) is 4.96. The molecule has 0 aliphatic heterocycles. The molecule has 0 aliphatic rings. The van der Waals surface area contributed by atoms with E-state index in [-0.39, 0.29) is 11.1 Å². The molecule has 0 saturated heterocycles. The van der Waals surface area contributed by atoms with E-state index in [1.807, 2.05) is 0 Å². The van der Waals surface area contributed by atoms with E-state index in [9.17, 15) is 5.11 Å². The van der Waals surface area contributed by atoms with Crippen LogP contribution in [0.1, 0.15) is 13.3 Å². The van der Waals surface area contributed by atoms with Crippen molar-refractivity contribution in [3.05, 3.63) is 11.6 Å².